The Labute approximate surface area is 149 Å². The van der Waals surface area contributed by atoms with Crippen LogP contribution >= 0.6 is 0 Å². The molecule has 9 nitrogen and oxygen atoms in total. The van der Waals surface area contributed by atoms with Crippen molar-refractivity contribution in [3.8, 4) is 0 Å². The van der Waals surface area contributed by atoms with Crippen molar-refractivity contribution in [2.24, 2.45) is 5.92 Å². The Balaban J connectivity index is 1.65. The molecule has 4 aromatic heterocycles. The van der Waals surface area contributed by atoms with Crippen LogP contribution in [0.4, 0.5) is 0 Å². The van der Waals surface area contributed by atoms with Crippen molar-refractivity contribution >= 4 is 17.2 Å². The van der Waals surface area contributed by atoms with E-state index >= 15 is 0 Å². The van der Waals surface area contributed by atoms with Crippen LogP contribution < -0.4 is 5.32 Å². The fraction of sp³-hybridized carbons (Fsp3) is 0.294. The van der Waals surface area contributed by atoms with Crippen molar-refractivity contribution in [3.05, 3.63) is 54.1 Å². The second-order valence-corrected chi connectivity index (χ2v) is 6.54. The Morgan fingerprint density at radius 2 is 2.00 bits per heavy atom. The van der Waals surface area contributed by atoms with Gasteiger partial charge in [-0.05, 0) is 47.0 Å². The highest BCUT2D eigenvalue weighted by Gasteiger charge is 2.22. The van der Waals surface area contributed by atoms with Gasteiger partial charge in [-0.3, -0.25) is 9.20 Å². The molecule has 0 unspecified atom stereocenters. The van der Waals surface area contributed by atoms with E-state index in [1.165, 1.54) is 4.52 Å². The van der Waals surface area contributed by atoms with Gasteiger partial charge < -0.3 is 5.32 Å². The van der Waals surface area contributed by atoms with E-state index in [4.69, 9.17) is 0 Å². The maximum atomic E-state index is 12.8. The minimum atomic E-state index is -0.257. The molecule has 4 rings (SSSR count). The zero-order chi connectivity index (χ0) is 18.1. The van der Waals surface area contributed by atoms with E-state index in [9.17, 15) is 4.79 Å². The van der Waals surface area contributed by atoms with Crippen molar-refractivity contribution in [2.75, 3.05) is 0 Å². The van der Waals surface area contributed by atoms with Gasteiger partial charge in [0.25, 0.3) is 5.91 Å². The summed E-state index contributed by atoms with van der Waals surface area (Å²) in [7, 11) is 0. The van der Waals surface area contributed by atoms with Gasteiger partial charge in [0.2, 0.25) is 0 Å². The van der Waals surface area contributed by atoms with Crippen molar-refractivity contribution in [1.82, 2.24) is 40.0 Å². The third kappa shape index (κ3) is 2.99. The van der Waals surface area contributed by atoms with Crippen molar-refractivity contribution in [2.45, 2.75) is 26.3 Å². The molecule has 26 heavy (non-hydrogen) atoms. The normalized spacial score (nSPS) is 12.7. The molecule has 1 N–H and O–H groups in total. The summed E-state index contributed by atoms with van der Waals surface area (Å²) in [5.41, 5.74) is 1.77. The first-order chi connectivity index (χ1) is 12.6. The van der Waals surface area contributed by atoms with Gasteiger partial charge in [0.05, 0.1) is 6.04 Å². The van der Waals surface area contributed by atoms with Crippen LogP contribution in [0, 0.1) is 5.92 Å². The minimum Gasteiger partial charge on any atom is -0.342 e. The second-order valence-electron chi connectivity index (χ2n) is 6.54. The monoisotopic (exact) mass is 350 g/mol. The van der Waals surface area contributed by atoms with E-state index in [1.54, 1.807) is 18.3 Å². The lowest BCUT2D eigenvalue weighted by Crippen LogP contribution is -2.31. The Bertz CT molecular complexity index is 1070. The summed E-state index contributed by atoms with van der Waals surface area (Å²) >= 11 is 0. The Kier molecular flexibility index (Phi) is 4.04. The first-order valence-corrected chi connectivity index (χ1v) is 8.40. The third-order valence-corrected chi connectivity index (χ3v) is 4.12. The number of rotatable bonds is 5. The third-order valence-electron chi connectivity index (χ3n) is 4.12. The van der Waals surface area contributed by atoms with E-state index in [-0.39, 0.29) is 11.9 Å². The molecule has 0 saturated carbocycles. The van der Waals surface area contributed by atoms with Gasteiger partial charge in [-0.25, -0.2) is 4.52 Å². The number of hydrogen-bond acceptors (Lipinski definition) is 6. The van der Waals surface area contributed by atoms with Crippen molar-refractivity contribution < 1.29 is 4.79 Å². The first kappa shape index (κ1) is 16.1. The van der Waals surface area contributed by atoms with E-state index in [0.717, 1.165) is 12.1 Å². The average Bonchev–Trinajstić information content (AvgIpc) is 3.26. The molecule has 0 fully saturated rings. The summed E-state index contributed by atoms with van der Waals surface area (Å²) in [5, 5.41) is 22.8. The van der Waals surface area contributed by atoms with Gasteiger partial charge in [-0.15, -0.1) is 15.3 Å². The van der Waals surface area contributed by atoms with Crippen molar-refractivity contribution in [3.63, 3.8) is 0 Å². The molecule has 0 saturated heterocycles. The second kappa shape index (κ2) is 6.51. The molecule has 0 aliphatic rings. The predicted octanol–water partition coefficient (Wildman–Crippen LogP) is 1.68. The number of nitrogens with zero attached hydrogens (tertiary/aromatic N) is 7. The lowest BCUT2D eigenvalue weighted by Gasteiger charge is -2.19. The van der Waals surface area contributed by atoms with Gasteiger partial charge in [0, 0.05) is 18.0 Å². The molecule has 1 atom stereocenters. The van der Waals surface area contributed by atoms with Crippen molar-refractivity contribution in [1.29, 1.82) is 0 Å². The topological polar surface area (TPSA) is 102 Å². The van der Waals surface area contributed by atoms with Crippen LogP contribution in [-0.4, -0.2) is 40.5 Å². The van der Waals surface area contributed by atoms with Gasteiger partial charge in [0.1, 0.15) is 0 Å². The molecule has 4 aromatic rings. The summed E-state index contributed by atoms with van der Waals surface area (Å²) in [6, 6.07) is 8.80. The molecule has 9 heteroatoms. The van der Waals surface area contributed by atoms with Crippen LogP contribution in [0.2, 0.25) is 0 Å². The molecule has 0 aliphatic carbocycles. The molecule has 132 valence electrons. The van der Waals surface area contributed by atoms with Crippen LogP contribution in [-0.2, 0) is 0 Å². The van der Waals surface area contributed by atoms with E-state index < -0.39 is 0 Å². The number of pyridine rings is 2. The molecule has 0 radical (unpaired) electrons. The van der Waals surface area contributed by atoms with Crippen LogP contribution in [0.5, 0.6) is 0 Å². The van der Waals surface area contributed by atoms with Gasteiger partial charge >= 0.3 is 0 Å². The summed E-state index contributed by atoms with van der Waals surface area (Å²) in [5.74, 6) is 0.890. The molecule has 0 aromatic carbocycles. The number of nitrogens with one attached hydrogen (secondary N) is 1. The summed E-state index contributed by atoms with van der Waals surface area (Å²) in [4.78, 5) is 12.8. The quantitative estimate of drug-likeness (QED) is 0.587. The number of carbonyl (C=O) groups is 1. The number of aromatic nitrogens is 7. The fourth-order valence-electron chi connectivity index (χ4n) is 2.92. The maximum Gasteiger partial charge on any atom is 0.252 e. The molecule has 1 amide bonds. The molecule has 0 spiro atoms. The lowest BCUT2D eigenvalue weighted by molar-refractivity contribution is 0.0929. The molecule has 0 aliphatic heterocycles. The van der Waals surface area contributed by atoms with Crippen LogP contribution in [0.15, 0.2) is 42.7 Å². The summed E-state index contributed by atoms with van der Waals surface area (Å²) in [6.45, 7) is 4.21. The Morgan fingerprint density at radius 1 is 1.12 bits per heavy atom. The number of carbonyl (C=O) groups excluding carboxylic acids is 1. The SMILES string of the molecule is CC(C)C[C@@H](NC(=O)c1ccn2nnnc2c1)c1nnc2ccccn12. The summed E-state index contributed by atoms with van der Waals surface area (Å²) < 4.78 is 3.41. The van der Waals surface area contributed by atoms with Crippen LogP contribution in [0.25, 0.3) is 11.3 Å². The zero-order valence-electron chi connectivity index (χ0n) is 14.4. The highest BCUT2D eigenvalue weighted by molar-refractivity contribution is 5.95. The number of tetrazole rings is 1. The Morgan fingerprint density at radius 3 is 2.85 bits per heavy atom. The summed E-state index contributed by atoms with van der Waals surface area (Å²) in [6.07, 6.45) is 4.31. The maximum absolute atomic E-state index is 12.8. The number of hydrogen-bond donors (Lipinski definition) is 1. The fourth-order valence-corrected chi connectivity index (χ4v) is 2.92. The Hall–Kier alpha value is -3.36. The standard InChI is InChI=1S/C17H18N8O/c1-11(2)9-13(16-21-19-14-5-3-4-7-24(14)16)18-17(26)12-6-8-25-15(10-12)20-22-23-25/h3-8,10-11,13H,9H2,1-2H3,(H,18,26)/t13-/m1/s1. The largest absolute Gasteiger partial charge is 0.342 e. The highest BCUT2D eigenvalue weighted by atomic mass is 16.1. The van der Waals surface area contributed by atoms with Gasteiger partial charge in [0.15, 0.2) is 17.1 Å². The van der Waals surface area contributed by atoms with E-state index in [1.807, 2.05) is 28.8 Å². The van der Waals surface area contributed by atoms with E-state index in [2.05, 4.69) is 44.9 Å². The predicted molar refractivity (Wildman–Crippen MR) is 93.4 cm³/mol. The number of amides is 1. The van der Waals surface area contributed by atoms with Gasteiger partial charge in [-0.1, -0.05) is 19.9 Å². The minimum absolute atomic E-state index is 0.200. The molecular weight excluding hydrogens is 332 g/mol. The van der Waals surface area contributed by atoms with Crippen LogP contribution in [0.1, 0.15) is 42.5 Å². The smallest absolute Gasteiger partial charge is 0.252 e. The van der Waals surface area contributed by atoms with E-state index in [0.29, 0.717) is 23.0 Å². The average molecular weight is 350 g/mol. The molecule has 4 heterocycles. The number of fused-ring (bicyclic) bond motifs is 2. The van der Waals surface area contributed by atoms with Crippen LogP contribution in [0.3, 0.4) is 0 Å². The zero-order valence-corrected chi connectivity index (χ0v) is 14.4. The lowest BCUT2D eigenvalue weighted by atomic mass is 10.0. The molecular formula is C17H18N8O. The van der Waals surface area contributed by atoms with Gasteiger partial charge in [-0.2, -0.15) is 0 Å². The first-order valence-electron chi connectivity index (χ1n) is 8.40. The molecule has 0 bridgehead atoms. The highest BCUT2D eigenvalue weighted by Crippen LogP contribution is 2.21.